The third-order valence-electron chi connectivity index (χ3n) is 3.51. The highest BCUT2D eigenvalue weighted by Crippen LogP contribution is 2.36. The minimum atomic E-state index is 0.573. The molecule has 3 rings (SSSR count). The standard InChI is InChI=1S/C14H16BrN5O/c1-7-5-9(15)6-20-12(16)11(17-13(7)20)10-8(2)18-19(3)14(10)21-4/h5-6H,16H2,1-4H3. The first kappa shape index (κ1) is 13.9. The number of anilines is 1. The van der Waals surface area contributed by atoms with Crippen molar-refractivity contribution < 1.29 is 4.74 Å². The molecule has 0 aliphatic rings. The van der Waals surface area contributed by atoms with Crippen LogP contribution in [0.15, 0.2) is 16.7 Å². The Balaban J connectivity index is 2.37. The molecule has 3 aromatic rings. The van der Waals surface area contributed by atoms with Crippen LogP contribution >= 0.6 is 15.9 Å². The van der Waals surface area contributed by atoms with E-state index in [0.29, 0.717) is 17.4 Å². The molecule has 0 saturated carbocycles. The fourth-order valence-electron chi connectivity index (χ4n) is 2.61. The Morgan fingerprint density at radius 2 is 2.05 bits per heavy atom. The third-order valence-corrected chi connectivity index (χ3v) is 3.94. The summed E-state index contributed by atoms with van der Waals surface area (Å²) in [6.07, 6.45) is 1.91. The molecule has 2 N–H and O–H groups in total. The molecule has 0 bridgehead atoms. The Labute approximate surface area is 130 Å². The van der Waals surface area contributed by atoms with E-state index in [-0.39, 0.29) is 0 Å². The first-order chi connectivity index (χ1) is 9.93. The molecular formula is C14H16BrN5O. The molecule has 110 valence electrons. The maximum absolute atomic E-state index is 6.30. The molecule has 7 heteroatoms. The number of aryl methyl sites for hydroxylation is 3. The lowest BCUT2D eigenvalue weighted by Crippen LogP contribution is -1.97. The van der Waals surface area contributed by atoms with Crippen LogP contribution < -0.4 is 10.5 Å². The van der Waals surface area contributed by atoms with Gasteiger partial charge in [0.05, 0.1) is 18.4 Å². The second kappa shape index (κ2) is 4.77. The molecule has 0 radical (unpaired) electrons. The summed E-state index contributed by atoms with van der Waals surface area (Å²) < 4.78 is 9.97. The average molecular weight is 350 g/mol. The number of pyridine rings is 1. The van der Waals surface area contributed by atoms with Crippen LogP contribution in [0.25, 0.3) is 16.9 Å². The van der Waals surface area contributed by atoms with E-state index in [2.05, 4.69) is 26.0 Å². The van der Waals surface area contributed by atoms with Crippen LogP contribution in [0.1, 0.15) is 11.3 Å². The zero-order chi connectivity index (χ0) is 15.3. The summed E-state index contributed by atoms with van der Waals surface area (Å²) in [6, 6.07) is 2.01. The molecule has 21 heavy (non-hydrogen) atoms. The van der Waals surface area contributed by atoms with Crippen LogP contribution in [-0.2, 0) is 7.05 Å². The maximum atomic E-state index is 6.30. The van der Waals surface area contributed by atoms with Gasteiger partial charge >= 0.3 is 0 Å². The molecule has 3 heterocycles. The lowest BCUT2D eigenvalue weighted by Gasteiger charge is -2.03. The fourth-order valence-corrected chi connectivity index (χ4v) is 3.16. The van der Waals surface area contributed by atoms with Crippen molar-refractivity contribution in [3.63, 3.8) is 0 Å². The summed E-state index contributed by atoms with van der Waals surface area (Å²) in [5.41, 5.74) is 10.5. The molecule has 6 nitrogen and oxygen atoms in total. The van der Waals surface area contributed by atoms with Gasteiger partial charge in [0.25, 0.3) is 0 Å². The Morgan fingerprint density at radius 3 is 2.71 bits per heavy atom. The van der Waals surface area contributed by atoms with E-state index in [1.807, 2.05) is 37.6 Å². The van der Waals surface area contributed by atoms with Gasteiger partial charge in [-0.1, -0.05) is 0 Å². The molecule has 0 fully saturated rings. The summed E-state index contributed by atoms with van der Waals surface area (Å²) in [4.78, 5) is 4.69. The summed E-state index contributed by atoms with van der Waals surface area (Å²) in [6.45, 7) is 3.92. The van der Waals surface area contributed by atoms with Crippen molar-refractivity contribution in [3.05, 3.63) is 28.0 Å². The number of nitrogen functional groups attached to an aromatic ring is 1. The van der Waals surface area contributed by atoms with Crippen molar-refractivity contribution in [2.45, 2.75) is 13.8 Å². The quantitative estimate of drug-likeness (QED) is 0.772. The number of halogens is 1. The van der Waals surface area contributed by atoms with Crippen molar-refractivity contribution in [2.24, 2.45) is 7.05 Å². The Hall–Kier alpha value is -2.02. The third kappa shape index (κ3) is 1.99. The van der Waals surface area contributed by atoms with Crippen molar-refractivity contribution in [2.75, 3.05) is 12.8 Å². The largest absolute Gasteiger partial charge is 0.481 e. The van der Waals surface area contributed by atoms with Gasteiger partial charge in [-0.15, -0.1) is 0 Å². The summed E-state index contributed by atoms with van der Waals surface area (Å²) in [5, 5.41) is 4.39. The minimum Gasteiger partial charge on any atom is -0.481 e. The number of hydrogen-bond donors (Lipinski definition) is 1. The van der Waals surface area contributed by atoms with Crippen LogP contribution in [0.3, 0.4) is 0 Å². The second-order valence-electron chi connectivity index (χ2n) is 4.97. The van der Waals surface area contributed by atoms with Gasteiger partial charge < -0.3 is 10.5 Å². The lowest BCUT2D eigenvalue weighted by atomic mass is 10.2. The summed E-state index contributed by atoms with van der Waals surface area (Å²) in [5.74, 6) is 1.23. The van der Waals surface area contributed by atoms with Crippen LogP contribution in [-0.4, -0.2) is 26.3 Å². The second-order valence-corrected chi connectivity index (χ2v) is 5.89. The van der Waals surface area contributed by atoms with Gasteiger partial charge in [0.2, 0.25) is 5.88 Å². The number of hydrogen-bond acceptors (Lipinski definition) is 4. The predicted octanol–water partition coefficient (Wildman–Crippen LogP) is 2.70. The summed E-state index contributed by atoms with van der Waals surface area (Å²) >= 11 is 3.48. The fraction of sp³-hybridized carbons (Fsp3) is 0.286. The van der Waals surface area contributed by atoms with E-state index < -0.39 is 0 Å². The van der Waals surface area contributed by atoms with Crippen molar-refractivity contribution >= 4 is 27.4 Å². The monoisotopic (exact) mass is 349 g/mol. The highest BCUT2D eigenvalue weighted by Gasteiger charge is 2.22. The maximum Gasteiger partial charge on any atom is 0.221 e. The Morgan fingerprint density at radius 1 is 1.33 bits per heavy atom. The normalized spacial score (nSPS) is 11.3. The molecule has 0 saturated heterocycles. The molecule has 0 unspecified atom stereocenters. The van der Waals surface area contributed by atoms with Gasteiger partial charge in [0, 0.05) is 17.7 Å². The van der Waals surface area contributed by atoms with Gasteiger partial charge in [-0.2, -0.15) is 5.10 Å². The minimum absolute atomic E-state index is 0.573. The number of aromatic nitrogens is 4. The van der Waals surface area contributed by atoms with Gasteiger partial charge in [-0.05, 0) is 41.4 Å². The number of methoxy groups -OCH3 is 1. The van der Waals surface area contributed by atoms with E-state index in [1.54, 1.807) is 11.8 Å². The van der Waals surface area contributed by atoms with E-state index in [4.69, 9.17) is 10.5 Å². The number of fused-ring (bicyclic) bond motifs is 1. The van der Waals surface area contributed by atoms with Crippen LogP contribution in [0.2, 0.25) is 0 Å². The van der Waals surface area contributed by atoms with Gasteiger partial charge in [-0.3, -0.25) is 4.40 Å². The molecule has 0 amide bonds. The number of ether oxygens (including phenoxy) is 1. The van der Waals surface area contributed by atoms with Gasteiger partial charge in [0.15, 0.2) is 0 Å². The van der Waals surface area contributed by atoms with Crippen molar-refractivity contribution in [3.8, 4) is 17.1 Å². The zero-order valence-corrected chi connectivity index (χ0v) is 13.9. The van der Waals surface area contributed by atoms with Crippen LogP contribution in [0, 0.1) is 13.8 Å². The van der Waals surface area contributed by atoms with E-state index in [0.717, 1.165) is 26.9 Å². The Bertz CT molecular complexity index is 849. The van der Waals surface area contributed by atoms with Crippen molar-refractivity contribution in [1.82, 2.24) is 19.2 Å². The SMILES string of the molecule is COc1c(-c2nc3c(C)cc(Br)cn3c2N)c(C)nn1C. The summed E-state index contributed by atoms with van der Waals surface area (Å²) in [7, 11) is 3.46. The van der Waals surface area contributed by atoms with Crippen LogP contribution in [0.4, 0.5) is 5.82 Å². The zero-order valence-electron chi connectivity index (χ0n) is 12.3. The average Bonchev–Trinajstić information content (AvgIpc) is 2.87. The lowest BCUT2D eigenvalue weighted by molar-refractivity contribution is 0.374. The molecular weight excluding hydrogens is 334 g/mol. The first-order valence-corrected chi connectivity index (χ1v) is 7.25. The van der Waals surface area contributed by atoms with Gasteiger partial charge in [-0.25, -0.2) is 9.67 Å². The predicted molar refractivity (Wildman–Crippen MR) is 85.5 cm³/mol. The number of imidazole rings is 1. The first-order valence-electron chi connectivity index (χ1n) is 6.45. The van der Waals surface area contributed by atoms with E-state index in [9.17, 15) is 0 Å². The Kier molecular flexibility index (Phi) is 3.16. The molecule has 3 aromatic heterocycles. The van der Waals surface area contributed by atoms with Crippen molar-refractivity contribution in [1.29, 1.82) is 0 Å². The van der Waals surface area contributed by atoms with Gasteiger partial charge in [0.1, 0.15) is 17.2 Å². The molecule has 0 aliphatic carbocycles. The molecule has 0 spiro atoms. The molecule has 0 aromatic carbocycles. The number of nitrogens with two attached hydrogens (primary N) is 1. The highest BCUT2D eigenvalue weighted by molar-refractivity contribution is 9.10. The topological polar surface area (TPSA) is 70.4 Å². The number of rotatable bonds is 2. The van der Waals surface area contributed by atoms with Crippen LogP contribution in [0.5, 0.6) is 5.88 Å². The number of nitrogens with zero attached hydrogens (tertiary/aromatic N) is 4. The smallest absolute Gasteiger partial charge is 0.221 e. The van der Waals surface area contributed by atoms with E-state index >= 15 is 0 Å². The highest BCUT2D eigenvalue weighted by atomic mass is 79.9. The van der Waals surface area contributed by atoms with E-state index in [1.165, 1.54) is 0 Å². The molecule has 0 atom stereocenters. The molecule has 0 aliphatic heterocycles.